The molecule has 5 rings (SSSR count). The molecule has 1 aromatic carbocycles. The Hall–Kier alpha value is -3.04. The van der Waals surface area contributed by atoms with Gasteiger partial charge >= 0.3 is 6.03 Å². The normalized spacial score (nSPS) is 20.1. The third-order valence-corrected chi connectivity index (χ3v) is 7.83. The average Bonchev–Trinajstić information content (AvgIpc) is 3.31. The van der Waals surface area contributed by atoms with Crippen LogP contribution < -0.4 is 10.1 Å². The van der Waals surface area contributed by atoms with Crippen LogP contribution >= 0.6 is 0 Å². The summed E-state index contributed by atoms with van der Waals surface area (Å²) in [5, 5.41) is 18.4. The number of ether oxygens (including phenoxy) is 1. The number of carbonyl (C=O) groups is 1. The van der Waals surface area contributed by atoms with Crippen molar-refractivity contribution in [2.45, 2.75) is 38.1 Å². The fourth-order valence-electron chi connectivity index (χ4n) is 6.00. The molecule has 0 radical (unpaired) electrons. The Kier molecular flexibility index (Phi) is 5.56. The van der Waals surface area contributed by atoms with Gasteiger partial charge in [0.05, 0.1) is 25.3 Å². The van der Waals surface area contributed by atoms with Gasteiger partial charge in [0.2, 0.25) is 0 Å². The second-order valence-corrected chi connectivity index (χ2v) is 9.71. The smallest absolute Gasteiger partial charge is 0.321 e. The number of nitrogens with zero attached hydrogens (tertiary/aromatic N) is 4. The maximum Gasteiger partial charge on any atom is 0.321 e. The summed E-state index contributed by atoms with van der Waals surface area (Å²) in [7, 11) is 5.84. The molecule has 182 valence electrons. The van der Waals surface area contributed by atoms with E-state index in [1.165, 1.54) is 10.9 Å². The molecule has 2 aliphatic heterocycles. The first-order valence-electron chi connectivity index (χ1n) is 11.8. The van der Waals surface area contributed by atoms with E-state index >= 15 is 0 Å². The van der Waals surface area contributed by atoms with Gasteiger partial charge in [-0.2, -0.15) is 0 Å². The molecule has 4 heterocycles. The standard InChI is InChI=1S/C25H33N5O4/c1-15-22(16(2)34-27-15)26-24(32)30-10-8-25(9-11-30)14-28(3)20(13-31)23-21(25)18-7-6-17(33-5)12-19(18)29(23)4/h6-7,12,20,31H,8-11,13-14H2,1-5H3,(H,26,32)/t20-/m0/s1. The van der Waals surface area contributed by atoms with Crippen LogP contribution in [-0.4, -0.2) is 71.1 Å². The fourth-order valence-corrected chi connectivity index (χ4v) is 6.00. The van der Waals surface area contributed by atoms with Gasteiger partial charge in [0, 0.05) is 49.2 Å². The Morgan fingerprint density at radius 2 is 2.03 bits per heavy atom. The van der Waals surface area contributed by atoms with Gasteiger partial charge in [-0.1, -0.05) is 5.16 Å². The number of methoxy groups -OCH3 is 1. The molecule has 1 spiro atoms. The van der Waals surface area contributed by atoms with E-state index in [4.69, 9.17) is 9.26 Å². The van der Waals surface area contributed by atoms with Crippen LogP contribution in [0.25, 0.3) is 10.9 Å². The molecule has 2 amide bonds. The van der Waals surface area contributed by atoms with Gasteiger partial charge in [0.1, 0.15) is 17.1 Å². The molecule has 9 heteroatoms. The number of urea groups is 1. The van der Waals surface area contributed by atoms with Crippen molar-refractivity contribution in [2.75, 3.05) is 45.7 Å². The van der Waals surface area contributed by atoms with Crippen molar-refractivity contribution in [2.24, 2.45) is 7.05 Å². The first-order valence-corrected chi connectivity index (χ1v) is 11.8. The molecule has 0 saturated carbocycles. The van der Waals surface area contributed by atoms with E-state index < -0.39 is 0 Å². The number of rotatable bonds is 3. The van der Waals surface area contributed by atoms with Crippen LogP contribution in [0, 0.1) is 13.8 Å². The molecular formula is C25H33N5O4. The van der Waals surface area contributed by atoms with Crippen molar-refractivity contribution < 1.29 is 19.2 Å². The number of hydrogen-bond donors (Lipinski definition) is 2. The minimum atomic E-state index is -0.121. The molecule has 0 unspecified atom stereocenters. The van der Waals surface area contributed by atoms with Crippen LogP contribution in [0.1, 0.15) is 41.6 Å². The van der Waals surface area contributed by atoms with Crippen LogP contribution in [0.2, 0.25) is 0 Å². The zero-order valence-electron chi connectivity index (χ0n) is 20.5. The number of aromatic nitrogens is 2. The molecule has 1 fully saturated rings. The number of amides is 2. The van der Waals surface area contributed by atoms with E-state index in [0.29, 0.717) is 30.2 Å². The predicted molar refractivity (Wildman–Crippen MR) is 129 cm³/mol. The van der Waals surface area contributed by atoms with Gasteiger partial charge in [0.15, 0.2) is 5.76 Å². The van der Waals surface area contributed by atoms with E-state index in [0.717, 1.165) is 36.3 Å². The van der Waals surface area contributed by atoms with E-state index in [-0.39, 0.29) is 24.1 Å². The highest BCUT2D eigenvalue weighted by molar-refractivity contribution is 5.91. The number of aryl methyl sites for hydroxylation is 3. The van der Waals surface area contributed by atoms with Gasteiger partial charge < -0.3 is 29.2 Å². The second-order valence-electron chi connectivity index (χ2n) is 9.71. The van der Waals surface area contributed by atoms with Crippen LogP contribution in [0.4, 0.5) is 10.5 Å². The Morgan fingerprint density at radius 3 is 2.65 bits per heavy atom. The summed E-state index contributed by atoms with van der Waals surface area (Å²) in [5.74, 6) is 1.43. The van der Waals surface area contributed by atoms with Crippen molar-refractivity contribution in [1.82, 2.24) is 19.5 Å². The second kappa shape index (κ2) is 8.32. The van der Waals surface area contributed by atoms with E-state index in [9.17, 15) is 9.90 Å². The summed E-state index contributed by atoms with van der Waals surface area (Å²) >= 11 is 0. The summed E-state index contributed by atoms with van der Waals surface area (Å²) in [4.78, 5) is 17.2. The number of benzene rings is 1. The van der Waals surface area contributed by atoms with Gasteiger partial charge in [0.25, 0.3) is 0 Å². The van der Waals surface area contributed by atoms with Gasteiger partial charge in [-0.25, -0.2) is 4.79 Å². The SMILES string of the molecule is COc1ccc2c3c(n(C)c2c1)[C@H](CO)N(C)CC31CCN(C(=O)Nc2c(C)noc2C)CC1. The monoisotopic (exact) mass is 467 g/mol. The number of aliphatic hydroxyl groups excluding tert-OH is 1. The lowest BCUT2D eigenvalue weighted by Crippen LogP contribution is -2.54. The molecule has 1 saturated heterocycles. The minimum Gasteiger partial charge on any atom is -0.497 e. The lowest BCUT2D eigenvalue weighted by molar-refractivity contribution is 0.0718. The molecular weight excluding hydrogens is 434 g/mol. The first kappa shape index (κ1) is 22.7. The maximum absolute atomic E-state index is 13.0. The number of aliphatic hydroxyl groups is 1. The van der Waals surface area contributed by atoms with Crippen molar-refractivity contribution in [3.8, 4) is 5.75 Å². The number of hydrogen-bond acceptors (Lipinski definition) is 6. The third-order valence-electron chi connectivity index (χ3n) is 7.83. The molecule has 2 N–H and O–H groups in total. The van der Waals surface area contributed by atoms with E-state index in [1.807, 2.05) is 17.9 Å². The number of carbonyl (C=O) groups excluding carboxylic acids is 1. The van der Waals surface area contributed by atoms with Crippen molar-refractivity contribution in [3.63, 3.8) is 0 Å². The Bertz CT molecular complexity index is 1220. The highest BCUT2D eigenvalue weighted by Crippen LogP contribution is 2.49. The number of likely N-dealkylation sites (tertiary alicyclic amines) is 1. The topological polar surface area (TPSA) is 96.0 Å². The van der Waals surface area contributed by atoms with Crippen LogP contribution in [0.3, 0.4) is 0 Å². The van der Waals surface area contributed by atoms with Gasteiger partial charge in [-0.15, -0.1) is 0 Å². The highest BCUT2D eigenvalue weighted by atomic mass is 16.5. The van der Waals surface area contributed by atoms with Crippen LogP contribution in [-0.2, 0) is 12.5 Å². The van der Waals surface area contributed by atoms with Crippen LogP contribution in [0.5, 0.6) is 5.75 Å². The molecule has 3 aromatic rings. The molecule has 34 heavy (non-hydrogen) atoms. The summed E-state index contributed by atoms with van der Waals surface area (Å²) in [6, 6.07) is 6.04. The lowest BCUT2D eigenvalue weighted by atomic mass is 9.68. The highest BCUT2D eigenvalue weighted by Gasteiger charge is 2.47. The molecule has 1 atom stereocenters. The fraction of sp³-hybridized carbons (Fsp3) is 0.520. The zero-order chi connectivity index (χ0) is 24.2. The average molecular weight is 468 g/mol. The first-order chi connectivity index (χ1) is 16.3. The summed E-state index contributed by atoms with van der Waals surface area (Å²) in [6.45, 7) is 5.83. The third kappa shape index (κ3) is 3.37. The molecule has 2 aliphatic rings. The van der Waals surface area contributed by atoms with Crippen molar-refractivity contribution >= 4 is 22.6 Å². The summed E-state index contributed by atoms with van der Waals surface area (Å²) in [6.07, 6.45) is 1.70. The molecule has 9 nitrogen and oxygen atoms in total. The Balaban J connectivity index is 1.48. The quantitative estimate of drug-likeness (QED) is 0.613. The number of piperidine rings is 1. The van der Waals surface area contributed by atoms with E-state index in [1.54, 1.807) is 14.0 Å². The minimum absolute atomic E-state index is 0.0623. The van der Waals surface area contributed by atoms with Crippen molar-refractivity contribution in [3.05, 3.63) is 40.9 Å². The lowest BCUT2D eigenvalue weighted by Gasteiger charge is -2.49. The van der Waals surface area contributed by atoms with Crippen molar-refractivity contribution in [1.29, 1.82) is 0 Å². The number of fused-ring (bicyclic) bond motifs is 4. The van der Waals surface area contributed by atoms with Gasteiger partial charge in [-0.3, -0.25) is 4.90 Å². The van der Waals surface area contributed by atoms with Gasteiger partial charge in [-0.05, 0) is 51.4 Å². The summed E-state index contributed by atoms with van der Waals surface area (Å²) < 4.78 is 12.9. The maximum atomic E-state index is 13.0. The largest absolute Gasteiger partial charge is 0.497 e. The Labute approximate surface area is 199 Å². The van der Waals surface area contributed by atoms with Crippen LogP contribution in [0.15, 0.2) is 22.7 Å². The number of anilines is 1. The molecule has 2 aromatic heterocycles. The van der Waals surface area contributed by atoms with E-state index in [2.05, 4.69) is 46.2 Å². The molecule has 0 bridgehead atoms. The summed E-state index contributed by atoms with van der Waals surface area (Å²) in [5.41, 5.74) is 4.82. The molecule has 0 aliphatic carbocycles. The Morgan fingerprint density at radius 1 is 1.29 bits per heavy atom. The predicted octanol–water partition coefficient (Wildman–Crippen LogP) is 3.34. The number of nitrogens with one attached hydrogen (secondary N) is 1. The zero-order valence-corrected chi connectivity index (χ0v) is 20.5. The number of likely N-dealkylation sites (N-methyl/N-ethyl adjacent to an activating group) is 1.